The molecule has 2 unspecified atom stereocenters. The first-order chi connectivity index (χ1) is 7.20. The molecule has 4 nitrogen and oxygen atoms in total. The summed E-state index contributed by atoms with van der Waals surface area (Å²) < 4.78 is 4.32. The number of nitrogens with one attached hydrogen (secondary N) is 1. The predicted octanol–water partition coefficient (Wildman–Crippen LogP) is 1.84. The van der Waals surface area contributed by atoms with Crippen molar-refractivity contribution in [1.29, 1.82) is 0 Å². The van der Waals surface area contributed by atoms with Crippen LogP contribution in [0, 0.1) is 5.92 Å². The number of aliphatic hydroxyl groups excluding tert-OH is 1. The second kappa shape index (κ2) is 4.45. The SMILES string of the molecule is CC(CO)C(C)Nc1nc(C2CC2)ns1. The van der Waals surface area contributed by atoms with E-state index in [2.05, 4.69) is 21.6 Å². The van der Waals surface area contributed by atoms with E-state index in [-0.39, 0.29) is 18.6 Å². The van der Waals surface area contributed by atoms with Gasteiger partial charge >= 0.3 is 0 Å². The fourth-order valence-electron chi connectivity index (χ4n) is 1.30. The zero-order chi connectivity index (χ0) is 10.8. The third-order valence-corrected chi connectivity index (χ3v) is 3.54. The summed E-state index contributed by atoms with van der Waals surface area (Å²) in [5.41, 5.74) is 0. The highest BCUT2D eigenvalue weighted by Crippen LogP contribution is 2.39. The van der Waals surface area contributed by atoms with Crippen molar-refractivity contribution in [3.63, 3.8) is 0 Å². The molecule has 0 bridgehead atoms. The molecule has 1 fully saturated rings. The summed E-state index contributed by atoms with van der Waals surface area (Å²) in [4.78, 5) is 4.44. The molecular weight excluding hydrogens is 210 g/mol. The molecule has 1 aliphatic rings. The van der Waals surface area contributed by atoms with Gasteiger partial charge in [-0.05, 0) is 25.7 Å². The molecule has 1 saturated carbocycles. The predicted molar refractivity (Wildman–Crippen MR) is 61.2 cm³/mol. The summed E-state index contributed by atoms with van der Waals surface area (Å²) in [5.74, 6) is 1.84. The summed E-state index contributed by atoms with van der Waals surface area (Å²) >= 11 is 1.42. The molecule has 1 aliphatic carbocycles. The van der Waals surface area contributed by atoms with Crippen LogP contribution < -0.4 is 5.32 Å². The monoisotopic (exact) mass is 227 g/mol. The highest BCUT2D eigenvalue weighted by atomic mass is 32.1. The molecule has 1 aromatic rings. The van der Waals surface area contributed by atoms with Gasteiger partial charge in [0, 0.05) is 30.1 Å². The Hall–Kier alpha value is -0.680. The van der Waals surface area contributed by atoms with E-state index in [1.165, 1.54) is 24.4 Å². The maximum atomic E-state index is 9.01. The molecule has 0 aliphatic heterocycles. The normalized spacial score (nSPS) is 19.9. The van der Waals surface area contributed by atoms with Gasteiger partial charge in [0.1, 0.15) is 5.82 Å². The number of rotatable bonds is 5. The lowest BCUT2D eigenvalue weighted by atomic mass is 10.1. The van der Waals surface area contributed by atoms with Crippen LogP contribution in [0.25, 0.3) is 0 Å². The maximum absolute atomic E-state index is 9.01. The smallest absolute Gasteiger partial charge is 0.202 e. The minimum Gasteiger partial charge on any atom is -0.396 e. The third kappa shape index (κ3) is 2.66. The standard InChI is InChI=1S/C10H17N3OS/c1-6(5-14)7(2)11-10-12-9(13-15-10)8-3-4-8/h6-8,14H,3-5H2,1-2H3,(H,11,12,13). The van der Waals surface area contributed by atoms with E-state index in [1.54, 1.807) is 0 Å². The molecule has 84 valence electrons. The van der Waals surface area contributed by atoms with Gasteiger partial charge in [-0.3, -0.25) is 0 Å². The molecule has 0 spiro atoms. The molecule has 1 heterocycles. The van der Waals surface area contributed by atoms with Gasteiger partial charge in [0.2, 0.25) is 5.13 Å². The van der Waals surface area contributed by atoms with Crippen LogP contribution in [0.1, 0.15) is 38.4 Å². The summed E-state index contributed by atoms with van der Waals surface area (Å²) in [6.07, 6.45) is 2.47. The number of hydrogen-bond donors (Lipinski definition) is 2. The average molecular weight is 227 g/mol. The van der Waals surface area contributed by atoms with Crippen molar-refractivity contribution < 1.29 is 5.11 Å². The molecule has 0 radical (unpaired) electrons. The molecule has 2 atom stereocenters. The first kappa shape index (κ1) is 10.8. The van der Waals surface area contributed by atoms with Crippen LogP contribution in [0.4, 0.5) is 5.13 Å². The van der Waals surface area contributed by atoms with E-state index in [4.69, 9.17) is 5.11 Å². The van der Waals surface area contributed by atoms with E-state index in [0.717, 1.165) is 11.0 Å². The number of aliphatic hydroxyl groups is 1. The second-order valence-electron chi connectivity index (χ2n) is 4.32. The number of aromatic nitrogens is 2. The van der Waals surface area contributed by atoms with E-state index in [0.29, 0.717) is 5.92 Å². The highest BCUT2D eigenvalue weighted by molar-refractivity contribution is 7.09. The fraction of sp³-hybridized carbons (Fsp3) is 0.800. The van der Waals surface area contributed by atoms with Crippen LogP contribution in [0.2, 0.25) is 0 Å². The van der Waals surface area contributed by atoms with Crippen molar-refractivity contribution in [2.24, 2.45) is 5.92 Å². The van der Waals surface area contributed by atoms with Crippen molar-refractivity contribution in [2.75, 3.05) is 11.9 Å². The second-order valence-corrected chi connectivity index (χ2v) is 5.08. The zero-order valence-electron chi connectivity index (χ0n) is 9.10. The topological polar surface area (TPSA) is 58.0 Å². The van der Waals surface area contributed by atoms with Gasteiger partial charge in [0.05, 0.1) is 0 Å². The molecule has 2 rings (SSSR count). The van der Waals surface area contributed by atoms with Gasteiger partial charge in [-0.15, -0.1) is 0 Å². The Morgan fingerprint density at radius 3 is 2.87 bits per heavy atom. The van der Waals surface area contributed by atoms with Crippen LogP contribution in [0.5, 0.6) is 0 Å². The summed E-state index contributed by atoms with van der Waals surface area (Å²) in [6, 6.07) is 0.231. The summed E-state index contributed by atoms with van der Waals surface area (Å²) in [5, 5.41) is 13.2. The Morgan fingerprint density at radius 1 is 1.53 bits per heavy atom. The Balaban J connectivity index is 1.91. The van der Waals surface area contributed by atoms with E-state index < -0.39 is 0 Å². The van der Waals surface area contributed by atoms with Gasteiger partial charge in [-0.25, -0.2) is 4.98 Å². The van der Waals surface area contributed by atoms with Crippen LogP contribution in [0.3, 0.4) is 0 Å². The Labute approximate surface area is 93.9 Å². The van der Waals surface area contributed by atoms with Crippen LogP contribution >= 0.6 is 11.5 Å². The lowest BCUT2D eigenvalue weighted by molar-refractivity contribution is 0.226. The minimum absolute atomic E-state index is 0.197. The average Bonchev–Trinajstić information content (AvgIpc) is 2.99. The highest BCUT2D eigenvalue weighted by Gasteiger charge is 2.28. The number of hydrogen-bond acceptors (Lipinski definition) is 5. The number of nitrogens with zero attached hydrogens (tertiary/aromatic N) is 2. The Morgan fingerprint density at radius 2 is 2.27 bits per heavy atom. The van der Waals surface area contributed by atoms with E-state index in [1.807, 2.05) is 6.92 Å². The van der Waals surface area contributed by atoms with Gasteiger partial charge in [-0.2, -0.15) is 4.37 Å². The van der Waals surface area contributed by atoms with Gasteiger partial charge in [0.15, 0.2) is 0 Å². The van der Waals surface area contributed by atoms with Crippen molar-refractivity contribution in [3.8, 4) is 0 Å². The zero-order valence-corrected chi connectivity index (χ0v) is 9.92. The largest absolute Gasteiger partial charge is 0.396 e. The maximum Gasteiger partial charge on any atom is 0.202 e. The first-order valence-electron chi connectivity index (χ1n) is 5.41. The Kier molecular flexibility index (Phi) is 3.21. The number of anilines is 1. The molecule has 2 N–H and O–H groups in total. The van der Waals surface area contributed by atoms with Crippen molar-refractivity contribution >= 4 is 16.7 Å². The lowest BCUT2D eigenvalue weighted by Gasteiger charge is -2.17. The third-order valence-electron chi connectivity index (χ3n) is 2.88. The van der Waals surface area contributed by atoms with Crippen molar-refractivity contribution in [1.82, 2.24) is 9.36 Å². The van der Waals surface area contributed by atoms with Crippen LogP contribution in [0.15, 0.2) is 0 Å². The fourth-order valence-corrected chi connectivity index (χ4v) is 2.04. The molecule has 15 heavy (non-hydrogen) atoms. The summed E-state index contributed by atoms with van der Waals surface area (Å²) in [7, 11) is 0. The Bertz CT molecular complexity index is 324. The molecule has 0 amide bonds. The summed E-state index contributed by atoms with van der Waals surface area (Å²) in [6.45, 7) is 4.27. The molecule has 0 aromatic carbocycles. The van der Waals surface area contributed by atoms with E-state index >= 15 is 0 Å². The molecular formula is C10H17N3OS. The van der Waals surface area contributed by atoms with Crippen molar-refractivity contribution in [2.45, 2.75) is 38.6 Å². The lowest BCUT2D eigenvalue weighted by Crippen LogP contribution is -2.26. The molecule has 0 saturated heterocycles. The van der Waals surface area contributed by atoms with Crippen LogP contribution in [-0.4, -0.2) is 27.1 Å². The van der Waals surface area contributed by atoms with Gasteiger partial charge < -0.3 is 10.4 Å². The van der Waals surface area contributed by atoms with Crippen LogP contribution in [-0.2, 0) is 0 Å². The molecule has 5 heteroatoms. The molecule has 1 aromatic heterocycles. The van der Waals surface area contributed by atoms with Crippen molar-refractivity contribution in [3.05, 3.63) is 5.82 Å². The minimum atomic E-state index is 0.197. The van der Waals surface area contributed by atoms with Gasteiger partial charge in [-0.1, -0.05) is 6.92 Å². The quantitative estimate of drug-likeness (QED) is 0.806. The first-order valence-corrected chi connectivity index (χ1v) is 6.19. The van der Waals surface area contributed by atoms with E-state index in [9.17, 15) is 0 Å². The van der Waals surface area contributed by atoms with Gasteiger partial charge in [0.25, 0.3) is 0 Å².